The van der Waals surface area contributed by atoms with Crippen LogP contribution in [0.15, 0.2) is 40.1 Å². The number of fused-ring (bicyclic) bond motifs is 2. The molecule has 2 aromatic rings. The van der Waals surface area contributed by atoms with Crippen molar-refractivity contribution in [3.8, 4) is 0 Å². The second-order valence-electron chi connectivity index (χ2n) is 6.86. The van der Waals surface area contributed by atoms with Crippen molar-refractivity contribution in [1.29, 1.82) is 0 Å². The lowest BCUT2D eigenvalue weighted by atomic mass is 10.0. The van der Waals surface area contributed by atoms with Crippen LogP contribution in [0, 0.1) is 5.92 Å². The first-order valence-corrected chi connectivity index (χ1v) is 8.57. The maximum atomic E-state index is 12.8. The summed E-state index contributed by atoms with van der Waals surface area (Å²) < 4.78 is 1.85. The van der Waals surface area contributed by atoms with E-state index in [2.05, 4.69) is 48.0 Å². The number of benzene rings is 1. The van der Waals surface area contributed by atoms with Crippen LogP contribution in [0.5, 0.6) is 0 Å². The van der Waals surface area contributed by atoms with E-state index in [1.54, 1.807) is 0 Å². The van der Waals surface area contributed by atoms with Crippen LogP contribution in [0.4, 0.5) is 0 Å². The van der Waals surface area contributed by atoms with Gasteiger partial charge in [0, 0.05) is 19.6 Å². The summed E-state index contributed by atoms with van der Waals surface area (Å²) in [7, 11) is 0. The maximum Gasteiger partial charge on any atom is 0.259 e. The third-order valence-corrected chi connectivity index (χ3v) is 4.79. The maximum absolute atomic E-state index is 12.8. The second-order valence-corrected chi connectivity index (χ2v) is 6.86. The van der Waals surface area contributed by atoms with Crippen LogP contribution >= 0.6 is 0 Å². The quantitative estimate of drug-likeness (QED) is 0.870. The van der Waals surface area contributed by atoms with Crippen LogP contribution < -0.4 is 5.56 Å². The molecule has 0 N–H and O–H groups in total. The van der Waals surface area contributed by atoms with Crippen molar-refractivity contribution in [2.75, 3.05) is 6.54 Å². The number of hydrogen-bond acceptors (Lipinski definition) is 4. The van der Waals surface area contributed by atoms with Crippen molar-refractivity contribution in [1.82, 2.24) is 14.5 Å². The average Bonchev–Trinajstić information content (AvgIpc) is 3.00. The largest absolute Gasteiger partial charge is 0.294 e. The number of hydrogen-bond donors (Lipinski definition) is 0. The van der Waals surface area contributed by atoms with Crippen molar-refractivity contribution in [2.45, 2.75) is 40.0 Å². The molecule has 0 atom stereocenters. The lowest BCUT2D eigenvalue weighted by molar-refractivity contribution is 0.203. The Bertz CT molecular complexity index is 852. The van der Waals surface area contributed by atoms with Gasteiger partial charge >= 0.3 is 0 Å². The summed E-state index contributed by atoms with van der Waals surface area (Å²) >= 11 is 0. The molecule has 2 aliphatic heterocycles. The molecule has 5 nitrogen and oxygen atoms in total. The highest BCUT2D eigenvalue weighted by atomic mass is 16.1. The van der Waals surface area contributed by atoms with Crippen molar-refractivity contribution < 1.29 is 0 Å². The van der Waals surface area contributed by atoms with Crippen LogP contribution in [0.1, 0.15) is 36.5 Å². The first kappa shape index (κ1) is 15.3. The van der Waals surface area contributed by atoms with Gasteiger partial charge in [-0.1, -0.05) is 44.2 Å². The third kappa shape index (κ3) is 2.59. The van der Waals surface area contributed by atoms with Gasteiger partial charge in [-0.3, -0.25) is 19.3 Å². The number of aliphatic imine (C=N–C) groups is 1. The predicted octanol–water partition coefficient (Wildman–Crippen LogP) is 2.22. The van der Waals surface area contributed by atoms with Crippen molar-refractivity contribution in [2.24, 2.45) is 10.9 Å². The van der Waals surface area contributed by atoms with Crippen molar-refractivity contribution >= 4 is 5.71 Å². The van der Waals surface area contributed by atoms with Gasteiger partial charge in [-0.2, -0.15) is 0 Å². The molecule has 1 aromatic heterocycles. The van der Waals surface area contributed by atoms with Gasteiger partial charge in [-0.15, -0.1) is 0 Å². The Morgan fingerprint density at radius 2 is 1.96 bits per heavy atom. The van der Waals surface area contributed by atoms with Gasteiger partial charge in [0.25, 0.3) is 5.56 Å². The Hall–Kier alpha value is -2.27. The molecule has 0 unspecified atom stereocenters. The standard InChI is InChI=1S/C19H22N4O/c1-13(2)17-18-15(10-20-17)19(24)23-9-8-22(12-16(23)21-18)11-14-6-4-3-5-7-14/h3-7,13H,8-12H2,1-2H3. The van der Waals surface area contributed by atoms with E-state index in [1.165, 1.54) is 5.56 Å². The first-order valence-electron chi connectivity index (χ1n) is 8.57. The molecule has 3 heterocycles. The zero-order chi connectivity index (χ0) is 16.7. The van der Waals surface area contributed by atoms with Gasteiger partial charge < -0.3 is 0 Å². The normalized spacial score (nSPS) is 16.9. The Labute approximate surface area is 141 Å². The van der Waals surface area contributed by atoms with E-state index in [0.717, 1.165) is 35.9 Å². The van der Waals surface area contributed by atoms with E-state index in [-0.39, 0.29) is 5.56 Å². The molecule has 0 saturated carbocycles. The number of nitrogens with zero attached hydrogens (tertiary/aromatic N) is 4. The van der Waals surface area contributed by atoms with E-state index < -0.39 is 0 Å². The Morgan fingerprint density at radius 3 is 2.71 bits per heavy atom. The van der Waals surface area contributed by atoms with Crippen molar-refractivity contribution in [3.63, 3.8) is 0 Å². The highest BCUT2D eigenvalue weighted by molar-refractivity contribution is 6.03. The molecule has 0 saturated heterocycles. The fourth-order valence-corrected chi connectivity index (χ4v) is 3.54. The van der Waals surface area contributed by atoms with E-state index in [9.17, 15) is 4.79 Å². The number of rotatable bonds is 3. The molecule has 1 aromatic carbocycles. The van der Waals surface area contributed by atoms with Crippen LogP contribution in [-0.2, 0) is 26.2 Å². The summed E-state index contributed by atoms with van der Waals surface area (Å²) in [5, 5.41) is 0. The summed E-state index contributed by atoms with van der Waals surface area (Å²) in [6, 6.07) is 10.4. The summed E-state index contributed by atoms with van der Waals surface area (Å²) in [5.74, 6) is 1.17. The Balaban J connectivity index is 1.64. The molecule has 124 valence electrons. The highest BCUT2D eigenvalue weighted by Gasteiger charge is 2.28. The Morgan fingerprint density at radius 1 is 1.17 bits per heavy atom. The molecule has 0 amide bonds. The topological polar surface area (TPSA) is 50.5 Å². The molecule has 0 aliphatic carbocycles. The average molecular weight is 322 g/mol. The molecule has 2 aliphatic rings. The summed E-state index contributed by atoms with van der Waals surface area (Å²) in [4.78, 5) is 24.5. The zero-order valence-electron chi connectivity index (χ0n) is 14.2. The predicted molar refractivity (Wildman–Crippen MR) is 94.1 cm³/mol. The second kappa shape index (κ2) is 5.98. The SMILES string of the molecule is CC(C)C1=NCc2c1nc1n(c2=O)CCN(Cc2ccccc2)C1. The monoisotopic (exact) mass is 322 g/mol. The minimum atomic E-state index is 0.105. The third-order valence-electron chi connectivity index (χ3n) is 4.79. The summed E-state index contributed by atoms with van der Waals surface area (Å²) in [6.45, 7) is 7.88. The molecular formula is C19H22N4O. The molecule has 4 rings (SSSR count). The van der Waals surface area contributed by atoms with E-state index in [4.69, 9.17) is 4.98 Å². The minimum Gasteiger partial charge on any atom is -0.294 e. The van der Waals surface area contributed by atoms with Crippen LogP contribution in [0.2, 0.25) is 0 Å². The van der Waals surface area contributed by atoms with Gasteiger partial charge in [0.1, 0.15) is 5.82 Å². The molecule has 0 radical (unpaired) electrons. The lowest BCUT2D eigenvalue weighted by Gasteiger charge is -2.29. The lowest BCUT2D eigenvalue weighted by Crippen LogP contribution is -2.41. The van der Waals surface area contributed by atoms with E-state index >= 15 is 0 Å². The van der Waals surface area contributed by atoms with Gasteiger partial charge in [0.05, 0.1) is 30.1 Å². The molecule has 5 heteroatoms. The smallest absolute Gasteiger partial charge is 0.259 e. The first-order chi connectivity index (χ1) is 11.6. The van der Waals surface area contributed by atoms with E-state index in [0.29, 0.717) is 25.6 Å². The minimum absolute atomic E-state index is 0.105. The van der Waals surface area contributed by atoms with Crippen LogP contribution in [0.3, 0.4) is 0 Å². The summed E-state index contributed by atoms with van der Waals surface area (Å²) in [6.07, 6.45) is 0. The van der Waals surface area contributed by atoms with Crippen LogP contribution in [-0.4, -0.2) is 26.7 Å². The summed E-state index contributed by atoms with van der Waals surface area (Å²) in [5.41, 5.74) is 3.99. The fourth-order valence-electron chi connectivity index (χ4n) is 3.54. The molecule has 0 fully saturated rings. The van der Waals surface area contributed by atoms with Crippen LogP contribution in [0.25, 0.3) is 0 Å². The fraction of sp³-hybridized carbons (Fsp3) is 0.421. The Kier molecular flexibility index (Phi) is 3.81. The van der Waals surface area contributed by atoms with Crippen molar-refractivity contribution in [3.05, 3.63) is 63.3 Å². The van der Waals surface area contributed by atoms with E-state index in [1.807, 2.05) is 10.6 Å². The van der Waals surface area contributed by atoms with Gasteiger partial charge in [0.2, 0.25) is 0 Å². The highest BCUT2D eigenvalue weighted by Crippen LogP contribution is 2.21. The number of aromatic nitrogens is 2. The molecular weight excluding hydrogens is 300 g/mol. The van der Waals surface area contributed by atoms with Gasteiger partial charge in [0.15, 0.2) is 0 Å². The molecule has 24 heavy (non-hydrogen) atoms. The zero-order valence-corrected chi connectivity index (χ0v) is 14.2. The molecule has 0 spiro atoms. The van der Waals surface area contributed by atoms with Gasteiger partial charge in [-0.05, 0) is 11.5 Å². The van der Waals surface area contributed by atoms with Gasteiger partial charge in [-0.25, -0.2) is 4.98 Å². The molecule has 0 bridgehead atoms.